The van der Waals surface area contributed by atoms with Gasteiger partial charge in [-0.15, -0.1) is 11.6 Å². The van der Waals surface area contributed by atoms with Crippen molar-refractivity contribution in [2.24, 2.45) is 0 Å². The highest BCUT2D eigenvalue weighted by Gasteiger charge is 2.12. The molecule has 82 valence electrons. The van der Waals surface area contributed by atoms with Crippen LogP contribution in [-0.2, 0) is 4.79 Å². The summed E-state index contributed by atoms with van der Waals surface area (Å²) in [6.45, 7) is 2.63. The number of halogens is 1. The molecule has 1 aromatic heterocycles. The molecule has 0 spiro atoms. The molecule has 1 aromatic rings. The van der Waals surface area contributed by atoms with E-state index < -0.39 is 0 Å². The van der Waals surface area contributed by atoms with Gasteiger partial charge in [0, 0.05) is 36.9 Å². The van der Waals surface area contributed by atoms with Gasteiger partial charge in [-0.25, -0.2) is 0 Å². The number of aromatic nitrogens is 1. The largest absolute Gasteiger partial charge is 0.313 e. The number of rotatable bonds is 5. The summed E-state index contributed by atoms with van der Waals surface area (Å²) < 4.78 is 0. The van der Waals surface area contributed by atoms with Crippen LogP contribution in [0.4, 0.5) is 5.69 Å². The second-order valence-corrected chi connectivity index (χ2v) is 3.51. The average Bonchev–Trinajstić information content (AvgIpc) is 2.29. The minimum Gasteiger partial charge on any atom is -0.313 e. The highest BCUT2D eigenvalue weighted by molar-refractivity contribution is 6.18. The van der Waals surface area contributed by atoms with Crippen LogP contribution in [-0.4, -0.2) is 23.3 Å². The van der Waals surface area contributed by atoms with E-state index in [1.807, 2.05) is 19.1 Å². The average molecular weight is 227 g/mol. The van der Waals surface area contributed by atoms with Crippen LogP contribution in [0.2, 0.25) is 0 Å². The monoisotopic (exact) mass is 226 g/mol. The van der Waals surface area contributed by atoms with Gasteiger partial charge in [-0.3, -0.25) is 9.78 Å². The Labute approximate surface area is 95.1 Å². The molecule has 0 aliphatic rings. The molecule has 0 aliphatic heterocycles. The maximum atomic E-state index is 11.8. The third-order valence-corrected chi connectivity index (χ3v) is 2.38. The van der Waals surface area contributed by atoms with Gasteiger partial charge in [0.2, 0.25) is 5.91 Å². The summed E-state index contributed by atoms with van der Waals surface area (Å²) in [6, 6.07) is 3.67. The lowest BCUT2D eigenvalue weighted by Gasteiger charge is -2.20. The van der Waals surface area contributed by atoms with Crippen LogP contribution in [0.5, 0.6) is 0 Å². The van der Waals surface area contributed by atoms with Gasteiger partial charge < -0.3 is 4.90 Å². The van der Waals surface area contributed by atoms with E-state index >= 15 is 0 Å². The normalized spacial score (nSPS) is 10.0. The van der Waals surface area contributed by atoms with Crippen molar-refractivity contribution in [1.29, 1.82) is 0 Å². The van der Waals surface area contributed by atoms with Crippen molar-refractivity contribution < 1.29 is 4.79 Å². The van der Waals surface area contributed by atoms with E-state index in [9.17, 15) is 4.79 Å². The molecule has 0 saturated carbocycles. The number of nitrogens with zero attached hydrogens (tertiary/aromatic N) is 2. The molecule has 15 heavy (non-hydrogen) atoms. The molecule has 1 heterocycles. The summed E-state index contributed by atoms with van der Waals surface area (Å²) in [6.07, 6.45) is 4.60. The number of pyridine rings is 1. The lowest BCUT2D eigenvalue weighted by Crippen LogP contribution is -2.30. The second kappa shape index (κ2) is 6.40. The van der Waals surface area contributed by atoms with E-state index in [0.717, 1.165) is 12.1 Å². The minimum absolute atomic E-state index is 0.115. The van der Waals surface area contributed by atoms with Gasteiger partial charge in [-0.2, -0.15) is 0 Å². The Hall–Kier alpha value is -1.09. The standard InChI is InChI=1S/C11H15ClN2O/c1-2-14(11(15)4-3-7-12)10-5-8-13-9-6-10/h5-6,8-9H,2-4,7H2,1H3. The van der Waals surface area contributed by atoms with Crippen molar-refractivity contribution in [3.05, 3.63) is 24.5 Å². The predicted molar refractivity (Wildman–Crippen MR) is 62.2 cm³/mol. The maximum Gasteiger partial charge on any atom is 0.227 e. The van der Waals surface area contributed by atoms with E-state index in [1.165, 1.54) is 0 Å². The molecule has 3 nitrogen and oxygen atoms in total. The lowest BCUT2D eigenvalue weighted by molar-refractivity contribution is -0.118. The molecule has 0 bridgehead atoms. The highest BCUT2D eigenvalue weighted by atomic mass is 35.5. The van der Waals surface area contributed by atoms with E-state index in [0.29, 0.717) is 18.8 Å². The Bertz CT molecular complexity index is 303. The summed E-state index contributed by atoms with van der Waals surface area (Å²) in [5.74, 6) is 0.643. The number of anilines is 1. The zero-order valence-corrected chi connectivity index (χ0v) is 9.57. The first kappa shape index (κ1) is 12.0. The number of amides is 1. The van der Waals surface area contributed by atoms with Crippen LogP contribution in [0.15, 0.2) is 24.5 Å². The fourth-order valence-corrected chi connectivity index (χ4v) is 1.51. The fourth-order valence-electron chi connectivity index (χ4n) is 1.38. The first-order valence-electron chi connectivity index (χ1n) is 5.06. The van der Waals surface area contributed by atoms with Gasteiger partial charge in [0.15, 0.2) is 0 Å². The van der Waals surface area contributed by atoms with Crippen LogP contribution in [0.25, 0.3) is 0 Å². The summed E-state index contributed by atoms with van der Waals surface area (Å²) in [7, 11) is 0. The SMILES string of the molecule is CCN(C(=O)CCCCl)c1ccncc1. The number of carbonyl (C=O) groups excluding carboxylic acids is 1. The van der Waals surface area contributed by atoms with Crippen molar-refractivity contribution in [2.75, 3.05) is 17.3 Å². The molecular weight excluding hydrogens is 212 g/mol. The predicted octanol–water partition coefficient (Wildman–Crippen LogP) is 2.45. The Kier molecular flexibility index (Phi) is 5.12. The molecule has 0 unspecified atom stereocenters. The minimum atomic E-state index is 0.115. The molecule has 0 aliphatic carbocycles. The Morgan fingerprint density at radius 3 is 2.67 bits per heavy atom. The summed E-state index contributed by atoms with van der Waals surface area (Å²) in [5, 5.41) is 0. The van der Waals surface area contributed by atoms with Gasteiger partial charge in [-0.1, -0.05) is 0 Å². The molecule has 0 aromatic carbocycles. The topological polar surface area (TPSA) is 33.2 Å². The van der Waals surface area contributed by atoms with Gasteiger partial charge >= 0.3 is 0 Å². The first-order valence-corrected chi connectivity index (χ1v) is 5.59. The smallest absolute Gasteiger partial charge is 0.227 e. The van der Waals surface area contributed by atoms with Crippen LogP contribution in [0, 0.1) is 0 Å². The van der Waals surface area contributed by atoms with E-state index in [-0.39, 0.29) is 5.91 Å². The zero-order valence-electron chi connectivity index (χ0n) is 8.82. The molecule has 1 rings (SSSR count). The molecule has 0 radical (unpaired) electrons. The Morgan fingerprint density at radius 1 is 1.47 bits per heavy atom. The van der Waals surface area contributed by atoms with E-state index in [2.05, 4.69) is 4.98 Å². The van der Waals surface area contributed by atoms with Crippen LogP contribution >= 0.6 is 11.6 Å². The number of hydrogen-bond acceptors (Lipinski definition) is 2. The molecule has 4 heteroatoms. The fraction of sp³-hybridized carbons (Fsp3) is 0.455. The Balaban J connectivity index is 2.67. The van der Waals surface area contributed by atoms with E-state index in [4.69, 9.17) is 11.6 Å². The van der Waals surface area contributed by atoms with Crippen molar-refractivity contribution in [2.45, 2.75) is 19.8 Å². The third kappa shape index (κ3) is 3.51. The molecule has 1 amide bonds. The quantitative estimate of drug-likeness (QED) is 0.723. The van der Waals surface area contributed by atoms with Gasteiger partial charge in [0.05, 0.1) is 0 Å². The van der Waals surface area contributed by atoms with Crippen LogP contribution < -0.4 is 4.90 Å². The molecule has 0 N–H and O–H groups in total. The molecule has 0 atom stereocenters. The molecule has 0 saturated heterocycles. The van der Waals surface area contributed by atoms with Gasteiger partial charge in [0.1, 0.15) is 0 Å². The van der Waals surface area contributed by atoms with Crippen LogP contribution in [0.3, 0.4) is 0 Å². The molecule has 0 fully saturated rings. The first-order chi connectivity index (χ1) is 7.29. The number of hydrogen-bond donors (Lipinski definition) is 0. The second-order valence-electron chi connectivity index (χ2n) is 3.14. The van der Waals surface area contributed by atoms with Crippen molar-refractivity contribution in [1.82, 2.24) is 4.98 Å². The van der Waals surface area contributed by atoms with Gasteiger partial charge in [-0.05, 0) is 25.5 Å². The highest BCUT2D eigenvalue weighted by Crippen LogP contribution is 2.13. The number of carbonyl (C=O) groups is 1. The van der Waals surface area contributed by atoms with Crippen LogP contribution in [0.1, 0.15) is 19.8 Å². The maximum absolute atomic E-state index is 11.8. The van der Waals surface area contributed by atoms with Crippen molar-refractivity contribution in [3.63, 3.8) is 0 Å². The zero-order chi connectivity index (χ0) is 11.1. The van der Waals surface area contributed by atoms with Crippen molar-refractivity contribution >= 4 is 23.2 Å². The lowest BCUT2D eigenvalue weighted by atomic mass is 10.2. The van der Waals surface area contributed by atoms with E-state index in [1.54, 1.807) is 17.3 Å². The van der Waals surface area contributed by atoms with Crippen molar-refractivity contribution in [3.8, 4) is 0 Å². The Morgan fingerprint density at radius 2 is 2.13 bits per heavy atom. The summed E-state index contributed by atoms with van der Waals surface area (Å²) >= 11 is 5.56. The number of alkyl halides is 1. The summed E-state index contributed by atoms with van der Waals surface area (Å²) in [4.78, 5) is 17.4. The third-order valence-electron chi connectivity index (χ3n) is 2.12. The molecular formula is C11H15ClN2O. The summed E-state index contributed by atoms with van der Waals surface area (Å²) in [5.41, 5.74) is 0.895. The van der Waals surface area contributed by atoms with Gasteiger partial charge in [0.25, 0.3) is 0 Å².